The molecule has 0 rings (SSSR count). The van der Waals surface area contributed by atoms with E-state index in [1.54, 1.807) is 0 Å². The van der Waals surface area contributed by atoms with E-state index in [2.05, 4.69) is 26.6 Å². The number of rotatable bonds is 19. The third-order valence-corrected chi connectivity index (χ3v) is 20.7. The van der Waals surface area contributed by atoms with E-state index in [9.17, 15) is 136 Å². The normalized spacial score (nSPS) is 15.7. The van der Waals surface area contributed by atoms with Crippen molar-refractivity contribution < 1.29 is 163 Å². The first-order valence-electron chi connectivity index (χ1n) is 17.1. The first kappa shape index (κ1) is 72.4. The molecule has 6 nitrogen and oxygen atoms in total. The number of alkyl halides is 31. The van der Waals surface area contributed by atoms with E-state index < -0.39 is 146 Å². The maximum atomic E-state index is 14.0. The van der Waals surface area contributed by atoms with E-state index in [0.29, 0.717) is 13.8 Å². The Morgan fingerprint density at radius 1 is 0.246 bits per heavy atom. The Morgan fingerprint density at radius 2 is 0.420 bits per heavy atom. The van der Waals surface area contributed by atoms with E-state index in [1.807, 2.05) is 0 Å². The van der Waals surface area contributed by atoms with Crippen LogP contribution in [0.2, 0.25) is 10.1 Å². The molecule has 0 aliphatic carbocycles. The lowest BCUT2D eigenvalue weighted by Crippen LogP contribution is -2.75. The van der Waals surface area contributed by atoms with E-state index in [-0.39, 0.29) is 0 Å². The Morgan fingerprint density at radius 3 is 0.594 bits per heavy atom. The van der Waals surface area contributed by atoms with Gasteiger partial charge in [-0.15, -0.1) is 0 Å². The molecule has 0 aromatic heterocycles. The summed E-state index contributed by atoms with van der Waals surface area (Å²) in [4.78, 5) is 0. The molecule has 0 N–H and O–H groups in total. The molecule has 43 heteroatoms. The predicted octanol–water partition coefficient (Wildman–Crippen LogP) is 14.8. The van der Waals surface area contributed by atoms with Gasteiger partial charge in [-0.25, -0.2) is 0 Å². The minimum atomic E-state index is -7.88. The third kappa shape index (κ3) is 12.8. The lowest BCUT2D eigenvalue weighted by Gasteiger charge is -2.49. The van der Waals surface area contributed by atoms with Crippen LogP contribution in [0.3, 0.4) is 0 Å². The van der Waals surface area contributed by atoms with Crippen molar-refractivity contribution >= 4 is 56.8 Å². The average Bonchev–Trinajstić information content (AvgIpc) is 3.05. The van der Waals surface area contributed by atoms with Crippen molar-refractivity contribution in [2.75, 3.05) is 39.6 Å². The fourth-order valence-corrected chi connectivity index (χ4v) is 15.6. The standard InChI is InChI=1S/C10H10ClF13O2Si.2C8H10ClF9O2Si/c1-3-25-27(11,26-4-2)5(8(16,17)18,9(19,20)21)6(12,13)7(14,15)10(22,23)24;1-3-19-21(9,20-4-2)8(17,18)6(12,13)5(10,11)7(14,15)16;1-3-19-21(9,20-4-2)5(6(10,11)12,7(13,14)15)8(16,17)18/h3-4H2,1-2H3;2*3-4H2,1-2H3. The molecule has 0 saturated heterocycles. The summed E-state index contributed by atoms with van der Waals surface area (Å²) in [6.07, 6.45) is -49.8. The van der Waals surface area contributed by atoms with Crippen LogP contribution in [0.25, 0.3) is 0 Å². The molecule has 0 atom stereocenters. The second-order valence-corrected chi connectivity index (χ2v) is 23.6. The zero-order chi connectivity index (χ0) is 57.0. The second-order valence-electron chi connectivity index (χ2n) is 12.1. The second kappa shape index (κ2) is 22.9. The highest BCUT2D eigenvalue weighted by Crippen LogP contribution is 2.75. The van der Waals surface area contributed by atoms with Crippen molar-refractivity contribution in [2.45, 2.75) is 124 Å². The molecule has 0 saturated carbocycles. The number of hydrogen-bond acceptors (Lipinski definition) is 6. The van der Waals surface area contributed by atoms with Crippen molar-refractivity contribution in [1.82, 2.24) is 0 Å². The molecule has 0 aliphatic rings. The molecule has 0 aromatic rings. The molecular weight excluding hydrogens is 1190 g/mol. The average molecular weight is 1220 g/mol. The predicted molar refractivity (Wildman–Crippen MR) is 177 cm³/mol. The van der Waals surface area contributed by atoms with Crippen LogP contribution >= 0.6 is 33.2 Å². The summed E-state index contributed by atoms with van der Waals surface area (Å²) < 4.78 is 426. The molecule has 0 aliphatic heterocycles. The molecule has 0 aromatic carbocycles. The Hall–Kier alpha value is -0.889. The van der Waals surface area contributed by atoms with E-state index in [1.165, 1.54) is 0 Å². The minimum Gasteiger partial charge on any atom is -0.382 e. The molecule has 0 heterocycles. The molecule has 69 heavy (non-hydrogen) atoms. The Bertz CT molecular complexity index is 1510. The van der Waals surface area contributed by atoms with Crippen molar-refractivity contribution in [3.8, 4) is 0 Å². The zero-order valence-electron chi connectivity index (χ0n) is 34.0. The summed E-state index contributed by atoms with van der Waals surface area (Å²) in [7, 11) is -19.4. The highest BCUT2D eigenvalue weighted by atomic mass is 35.6. The quantitative estimate of drug-likeness (QED) is 0.0730. The van der Waals surface area contributed by atoms with Gasteiger partial charge in [-0.05, 0) is 41.5 Å². The summed E-state index contributed by atoms with van der Waals surface area (Å²) in [6, 6.07) is 0. The summed E-state index contributed by atoms with van der Waals surface area (Å²) in [5.41, 5.74) is -6.05. The maximum absolute atomic E-state index is 14.0. The van der Waals surface area contributed by atoms with Gasteiger partial charge in [0, 0.05) is 39.6 Å². The lowest BCUT2D eigenvalue weighted by atomic mass is 9.92. The molecule has 0 amide bonds. The molecule has 0 radical (unpaired) electrons. The van der Waals surface area contributed by atoms with Gasteiger partial charge in [-0.2, -0.15) is 136 Å². The Kier molecular flexibility index (Phi) is 24.0. The van der Waals surface area contributed by atoms with Crippen LogP contribution in [0.5, 0.6) is 0 Å². The summed E-state index contributed by atoms with van der Waals surface area (Å²) >= 11 is 15.0. The van der Waals surface area contributed by atoms with Crippen LogP contribution in [0.15, 0.2) is 0 Å². The maximum Gasteiger partial charge on any atom is 0.524 e. The van der Waals surface area contributed by atoms with E-state index in [0.717, 1.165) is 27.7 Å². The van der Waals surface area contributed by atoms with Crippen LogP contribution in [-0.2, 0) is 26.6 Å². The van der Waals surface area contributed by atoms with Gasteiger partial charge in [-0.3, -0.25) is 0 Å². The van der Waals surface area contributed by atoms with Gasteiger partial charge in [0.05, 0.1) is 0 Å². The fourth-order valence-electron chi connectivity index (χ4n) is 4.86. The highest BCUT2D eigenvalue weighted by molar-refractivity contribution is 7.15. The van der Waals surface area contributed by atoms with Crippen molar-refractivity contribution in [2.24, 2.45) is 0 Å². The monoisotopic (exact) mass is 1220 g/mol. The zero-order valence-corrected chi connectivity index (χ0v) is 39.3. The Labute approximate surface area is 383 Å². The van der Waals surface area contributed by atoms with Crippen molar-refractivity contribution in [3.63, 3.8) is 0 Å². The molecule has 0 spiro atoms. The SMILES string of the molecule is CCO[Si](Cl)(OCC)C(C(F)(F)F)(C(F)(F)F)C(F)(F)C(F)(F)C(F)(F)F.CCO[Si](Cl)(OCC)C(C(F)(F)F)(C(F)(F)F)C(F)(F)F.CCO[Si](Cl)(OCC)C(F)(F)C(F)(F)C(F)(F)C(F)(F)F. The first-order valence-corrected chi connectivity index (χ1v) is 25.6. The van der Waals surface area contributed by atoms with Gasteiger partial charge < -0.3 is 26.6 Å². The first-order chi connectivity index (χ1) is 29.9. The van der Waals surface area contributed by atoms with Gasteiger partial charge in [0.1, 0.15) is 0 Å². The molecular formula is C26H30Cl3F31O6Si3. The van der Waals surface area contributed by atoms with Crippen LogP contribution < -0.4 is 0 Å². The van der Waals surface area contributed by atoms with Gasteiger partial charge in [0.25, 0.3) is 5.04 Å². The molecule has 0 bridgehead atoms. The van der Waals surface area contributed by atoms with Crippen LogP contribution in [0.1, 0.15) is 41.5 Å². The van der Waals surface area contributed by atoms with E-state index >= 15 is 0 Å². The molecule has 0 unspecified atom stereocenters. The summed E-state index contributed by atoms with van der Waals surface area (Å²) in [5.74, 6) is -29.6. The molecule has 0 fully saturated rings. The largest absolute Gasteiger partial charge is 0.524 e. The fraction of sp³-hybridized carbons (Fsp3) is 1.00. The van der Waals surface area contributed by atoms with Gasteiger partial charge in [0.15, 0.2) is 0 Å². The number of halogens is 34. The minimum absolute atomic E-state index is 0.640. The van der Waals surface area contributed by atoms with Gasteiger partial charge in [-0.1, -0.05) is 33.2 Å². The van der Waals surface area contributed by atoms with Crippen LogP contribution in [0, 0.1) is 0 Å². The molecule has 420 valence electrons. The van der Waals surface area contributed by atoms with Crippen molar-refractivity contribution in [1.29, 1.82) is 0 Å². The summed E-state index contributed by atoms with van der Waals surface area (Å²) in [6.45, 7) is -0.847. The summed E-state index contributed by atoms with van der Waals surface area (Å²) in [5, 5.41) is -13.4. The van der Waals surface area contributed by atoms with Crippen LogP contribution in [0.4, 0.5) is 136 Å². The van der Waals surface area contributed by atoms with Gasteiger partial charge in [0.2, 0.25) is 0 Å². The highest BCUT2D eigenvalue weighted by Gasteiger charge is 3.00. The lowest BCUT2D eigenvalue weighted by molar-refractivity contribution is -0.417. The third-order valence-electron chi connectivity index (χ3n) is 7.74. The topological polar surface area (TPSA) is 55.4 Å². The Balaban J connectivity index is -0.000000959. The van der Waals surface area contributed by atoms with E-state index in [4.69, 9.17) is 33.2 Å². The number of hydrogen-bond donors (Lipinski definition) is 0. The van der Waals surface area contributed by atoms with Gasteiger partial charge >= 0.3 is 101 Å². The van der Waals surface area contributed by atoms with Crippen LogP contribution in [-0.4, -0.2) is 136 Å². The smallest absolute Gasteiger partial charge is 0.382 e. The van der Waals surface area contributed by atoms with Crippen molar-refractivity contribution in [3.05, 3.63) is 0 Å².